The molecule has 1 aromatic rings. The zero-order chi connectivity index (χ0) is 10.3. The van der Waals surface area contributed by atoms with Crippen molar-refractivity contribution < 1.29 is 4.74 Å². The third-order valence-electron chi connectivity index (χ3n) is 3.18. The number of hydrogen-bond acceptors (Lipinski definition) is 4. The number of ether oxygens (including phenoxy) is 1. The third kappa shape index (κ3) is 1.65. The average molecular weight is 205 g/mol. The summed E-state index contributed by atoms with van der Waals surface area (Å²) in [5.41, 5.74) is 6.73. The van der Waals surface area contributed by atoms with Gasteiger partial charge in [-0.1, -0.05) is 0 Å². The molecule has 0 aliphatic carbocycles. The van der Waals surface area contributed by atoms with Crippen molar-refractivity contribution >= 4 is 11.5 Å². The predicted molar refractivity (Wildman–Crippen MR) is 58.8 cm³/mol. The van der Waals surface area contributed by atoms with Crippen molar-refractivity contribution in [1.82, 2.24) is 4.98 Å². The van der Waals surface area contributed by atoms with Crippen LogP contribution in [0.1, 0.15) is 12.8 Å². The molecule has 2 unspecified atom stereocenters. The van der Waals surface area contributed by atoms with Crippen molar-refractivity contribution in [2.45, 2.75) is 25.0 Å². The summed E-state index contributed by atoms with van der Waals surface area (Å²) >= 11 is 0. The summed E-state index contributed by atoms with van der Waals surface area (Å²) in [4.78, 5) is 6.47. The van der Waals surface area contributed by atoms with Crippen LogP contribution in [0.4, 0.5) is 11.5 Å². The molecule has 2 bridgehead atoms. The second-order valence-corrected chi connectivity index (χ2v) is 4.30. The molecule has 2 aliphatic rings. The molecule has 0 radical (unpaired) electrons. The number of pyridine rings is 1. The number of fused-ring (bicyclic) bond motifs is 2. The zero-order valence-corrected chi connectivity index (χ0v) is 8.60. The summed E-state index contributed by atoms with van der Waals surface area (Å²) < 4.78 is 5.79. The Labute approximate surface area is 89.0 Å². The van der Waals surface area contributed by atoms with Crippen molar-refractivity contribution in [3.63, 3.8) is 0 Å². The van der Waals surface area contributed by atoms with Crippen LogP contribution in [0, 0.1) is 0 Å². The van der Waals surface area contributed by atoms with Crippen LogP contribution in [0.2, 0.25) is 0 Å². The molecule has 2 atom stereocenters. The van der Waals surface area contributed by atoms with Crippen molar-refractivity contribution in [3.8, 4) is 0 Å². The van der Waals surface area contributed by atoms with Gasteiger partial charge in [0.15, 0.2) is 0 Å². The van der Waals surface area contributed by atoms with E-state index in [0.29, 0.717) is 18.0 Å². The van der Waals surface area contributed by atoms with Gasteiger partial charge in [0.05, 0.1) is 24.1 Å². The normalized spacial score (nSPS) is 29.5. The topological polar surface area (TPSA) is 51.4 Å². The lowest BCUT2D eigenvalue weighted by Gasteiger charge is -2.33. The Balaban J connectivity index is 1.80. The lowest BCUT2D eigenvalue weighted by Crippen LogP contribution is -2.42. The van der Waals surface area contributed by atoms with Crippen LogP contribution < -0.4 is 10.6 Å². The van der Waals surface area contributed by atoms with Crippen LogP contribution in [-0.4, -0.2) is 30.3 Å². The molecule has 80 valence electrons. The molecule has 3 rings (SSSR count). The first-order chi connectivity index (χ1) is 7.31. The standard InChI is InChI=1S/C11H15N3O/c12-11-4-1-8(5-13-11)14-6-9-2-3-10(7-14)15-9/h1,4-5,9-10H,2-3,6-7H2,(H2,12,13). The Morgan fingerprint density at radius 1 is 1.27 bits per heavy atom. The summed E-state index contributed by atoms with van der Waals surface area (Å²) in [6, 6.07) is 3.89. The summed E-state index contributed by atoms with van der Waals surface area (Å²) in [7, 11) is 0. The van der Waals surface area contributed by atoms with Gasteiger partial charge in [-0.25, -0.2) is 4.98 Å². The zero-order valence-electron chi connectivity index (χ0n) is 8.60. The maximum atomic E-state index is 5.79. The lowest BCUT2D eigenvalue weighted by molar-refractivity contribution is 0.0305. The van der Waals surface area contributed by atoms with Gasteiger partial charge >= 0.3 is 0 Å². The first kappa shape index (κ1) is 8.97. The van der Waals surface area contributed by atoms with Gasteiger partial charge in [-0.3, -0.25) is 0 Å². The molecule has 0 saturated carbocycles. The number of nitrogens with zero attached hydrogens (tertiary/aromatic N) is 2. The Morgan fingerprint density at radius 3 is 2.60 bits per heavy atom. The van der Waals surface area contributed by atoms with Gasteiger partial charge in [-0.05, 0) is 25.0 Å². The van der Waals surface area contributed by atoms with Crippen molar-refractivity contribution in [2.24, 2.45) is 0 Å². The highest BCUT2D eigenvalue weighted by Crippen LogP contribution is 2.29. The lowest BCUT2D eigenvalue weighted by atomic mass is 10.2. The second-order valence-electron chi connectivity index (χ2n) is 4.30. The Hall–Kier alpha value is -1.29. The smallest absolute Gasteiger partial charge is 0.123 e. The molecule has 2 fully saturated rings. The minimum Gasteiger partial charge on any atom is -0.384 e. The summed E-state index contributed by atoms with van der Waals surface area (Å²) in [5.74, 6) is 0.579. The fourth-order valence-electron chi connectivity index (χ4n) is 2.41. The summed E-state index contributed by atoms with van der Waals surface area (Å²) in [5, 5.41) is 0. The van der Waals surface area contributed by atoms with E-state index in [1.807, 2.05) is 18.3 Å². The van der Waals surface area contributed by atoms with Crippen molar-refractivity contribution in [1.29, 1.82) is 0 Å². The highest BCUT2D eigenvalue weighted by molar-refractivity contribution is 5.48. The van der Waals surface area contributed by atoms with E-state index < -0.39 is 0 Å². The molecular weight excluding hydrogens is 190 g/mol. The fourth-order valence-corrected chi connectivity index (χ4v) is 2.41. The van der Waals surface area contributed by atoms with Crippen LogP contribution in [0.3, 0.4) is 0 Å². The quantitative estimate of drug-likeness (QED) is 0.744. The van der Waals surface area contributed by atoms with E-state index in [2.05, 4.69) is 9.88 Å². The largest absolute Gasteiger partial charge is 0.384 e. The number of morpholine rings is 1. The van der Waals surface area contributed by atoms with Crippen LogP contribution in [-0.2, 0) is 4.74 Å². The maximum Gasteiger partial charge on any atom is 0.123 e. The van der Waals surface area contributed by atoms with Crippen LogP contribution >= 0.6 is 0 Å². The number of nitrogen functional groups attached to an aromatic ring is 1. The molecule has 4 heteroatoms. The van der Waals surface area contributed by atoms with E-state index in [1.165, 1.54) is 12.8 Å². The molecule has 15 heavy (non-hydrogen) atoms. The molecule has 0 aromatic carbocycles. The maximum absolute atomic E-state index is 5.79. The van der Waals surface area contributed by atoms with E-state index >= 15 is 0 Å². The molecule has 4 nitrogen and oxygen atoms in total. The van der Waals surface area contributed by atoms with Gasteiger partial charge in [0.2, 0.25) is 0 Å². The van der Waals surface area contributed by atoms with E-state index in [9.17, 15) is 0 Å². The fraction of sp³-hybridized carbons (Fsp3) is 0.545. The minimum absolute atomic E-state index is 0.418. The summed E-state index contributed by atoms with van der Waals surface area (Å²) in [6.07, 6.45) is 5.08. The predicted octanol–water partition coefficient (Wildman–Crippen LogP) is 1.03. The number of nitrogens with two attached hydrogens (primary N) is 1. The molecule has 0 spiro atoms. The Bertz CT molecular complexity index is 339. The first-order valence-corrected chi connectivity index (χ1v) is 5.43. The van der Waals surface area contributed by atoms with Gasteiger partial charge in [-0.15, -0.1) is 0 Å². The van der Waals surface area contributed by atoms with Gasteiger partial charge in [-0.2, -0.15) is 0 Å². The van der Waals surface area contributed by atoms with Crippen LogP contribution in [0.15, 0.2) is 18.3 Å². The number of hydrogen-bond donors (Lipinski definition) is 1. The Morgan fingerprint density at radius 2 is 2.00 bits per heavy atom. The molecule has 0 amide bonds. The summed E-state index contributed by atoms with van der Waals surface area (Å²) in [6.45, 7) is 1.98. The first-order valence-electron chi connectivity index (χ1n) is 5.43. The van der Waals surface area contributed by atoms with Crippen molar-refractivity contribution in [2.75, 3.05) is 23.7 Å². The van der Waals surface area contributed by atoms with Crippen molar-refractivity contribution in [3.05, 3.63) is 18.3 Å². The molecule has 2 aliphatic heterocycles. The molecule has 1 aromatic heterocycles. The monoisotopic (exact) mass is 205 g/mol. The second kappa shape index (κ2) is 3.38. The highest BCUT2D eigenvalue weighted by Gasteiger charge is 2.33. The molecular formula is C11H15N3O. The van der Waals surface area contributed by atoms with Gasteiger partial charge in [0.1, 0.15) is 5.82 Å². The van der Waals surface area contributed by atoms with Gasteiger partial charge < -0.3 is 15.4 Å². The number of rotatable bonds is 1. The van der Waals surface area contributed by atoms with Gasteiger partial charge in [0, 0.05) is 13.1 Å². The van der Waals surface area contributed by atoms with E-state index in [-0.39, 0.29) is 0 Å². The SMILES string of the molecule is Nc1ccc(N2CC3CCC(C2)O3)cn1. The molecule has 2 saturated heterocycles. The number of anilines is 2. The molecule has 3 heterocycles. The third-order valence-corrected chi connectivity index (χ3v) is 3.18. The van der Waals surface area contributed by atoms with E-state index in [0.717, 1.165) is 18.8 Å². The number of aromatic nitrogens is 1. The van der Waals surface area contributed by atoms with Crippen LogP contribution in [0.5, 0.6) is 0 Å². The highest BCUT2D eigenvalue weighted by atomic mass is 16.5. The minimum atomic E-state index is 0.418. The van der Waals surface area contributed by atoms with E-state index in [4.69, 9.17) is 10.5 Å². The van der Waals surface area contributed by atoms with Crippen LogP contribution in [0.25, 0.3) is 0 Å². The molecule has 2 N–H and O–H groups in total. The Kier molecular flexibility index (Phi) is 2.02. The van der Waals surface area contributed by atoms with Gasteiger partial charge in [0.25, 0.3) is 0 Å². The average Bonchev–Trinajstić information content (AvgIpc) is 2.59. The van der Waals surface area contributed by atoms with E-state index in [1.54, 1.807) is 0 Å².